The number of aromatic nitrogens is 2. The van der Waals surface area contributed by atoms with Crippen molar-refractivity contribution < 1.29 is 4.39 Å². The molecular weight excluding hydrogens is 279 g/mol. The van der Waals surface area contributed by atoms with Gasteiger partial charge in [-0.2, -0.15) is 0 Å². The second-order valence-electron chi connectivity index (χ2n) is 4.01. The van der Waals surface area contributed by atoms with Crippen LogP contribution in [0.15, 0.2) is 41.3 Å². The highest BCUT2D eigenvalue weighted by Crippen LogP contribution is 2.06. The molecule has 2 rings (SSSR count). The fourth-order valence-corrected chi connectivity index (χ4v) is 1.83. The number of thiocarbonyl (C=S) groups is 1. The quantitative estimate of drug-likeness (QED) is 0.744. The normalized spacial score (nSPS) is 10.1. The van der Waals surface area contributed by atoms with Crippen LogP contribution >= 0.6 is 12.2 Å². The zero-order valence-corrected chi connectivity index (χ0v) is 11.3. The molecule has 0 fully saturated rings. The predicted octanol–water partition coefficient (Wildman–Crippen LogP) is 1.44. The first kappa shape index (κ1) is 14.1. The van der Waals surface area contributed by atoms with E-state index < -0.39 is 5.69 Å². The number of aromatic amines is 1. The molecule has 0 aliphatic heterocycles. The maximum atomic E-state index is 13.4. The minimum Gasteiger partial charge on any atom is -0.362 e. The third-order valence-corrected chi connectivity index (χ3v) is 2.81. The Bertz CT molecular complexity index is 659. The molecule has 0 aliphatic rings. The molecule has 0 aliphatic carbocycles. The van der Waals surface area contributed by atoms with Gasteiger partial charge >= 0.3 is 5.69 Å². The van der Waals surface area contributed by atoms with Gasteiger partial charge in [0.1, 0.15) is 11.6 Å². The van der Waals surface area contributed by atoms with Gasteiger partial charge in [0.15, 0.2) is 5.11 Å². The lowest BCUT2D eigenvalue weighted by molar-refractivity contribution is 0.607. The smallest absolute Gasteiger partial charge is 0.346 e. The van der Waals surface area contributed by atoms with Crippen LogP contribution in [0.3, 0.4) is 0 Å². The van der Waals surface area contributed by atoms with Gasteiger partial charge in [0.05, 0.1) is 0 Å². The van der Waals surface area contributed by atoms with Gasteiger partial charge in [0.25, 0.3) is 0 Å². The highest BCUT2D eigenvalue weighted by molar-refractivity contribution is 7.80. The fourth-order valence-electron chi connectivity index (χ4n) is 1.62. The molecule has 5 nitrogen and oxygen atoms in total. The molecule has 20 heavy (non-hydrogen) atoms. The maximum Gasteiger partial charge on any atom is 0.346 e. The zero-order chi connectivity index (χ0) is 14.4. The van der Waals surface area contributed by atoms with E-state index in [1.807, 2.05) is 0 Å². The number of benzene rings is 1. The molecule has 1 aromatic carbocycles. The molecule has 1 aromatic heterocycles. The van der Waals surface area contributed by atoms with Gasteiger partial charge in [-0.15, -0.1) is 0 Å². The Kier molecular flexibility index (Phi) is 4.78. The van der Waals surface area contributed by atoms with Crippen molar-refractivity contribution in [2.75, 3.05) is 11.9 Å². The Morgan fingerprint density at radius 3 is 2.90 bits per heavy atom. The number of nitrogens with zero attached hydrogens (tertiary/aromatic N) is 1. The van der Waals surface area contributed by atoms with Crippen LogP contribution in [-0.4, -0.2) is 21.6 Å². The van der Waals surface area contributed by atoms with Crippen molar-refractivity contribution in [3.05, 3.63) is 58.4 Å². The van der Waals surface area contributed by atoms with Crippen molar-refractivity contribution in [1.29, 1.82) is 0 Å². The monoisotopic (exact) mass is 292 g/mol. The van der Waals surface area contributed by atoms with Gasteiger partial charge in [-0.3, -0.25) is 4.98 Å². The maximum absolute atomic E-state index is 13.4. The van der Waals surface area contributed by atoms with Crippen molar-refractivity contribution >= 4 is 23.1 Å². The molecule has 0 saturated heterocycles. The van der Waals surface area contributed by atoms with Gasteiger partial charge in [0, 0.05) is 12.7 Å². The predicted molar refractivity (Wildman–Crippen MR) is 79.2 cm³/mol. The van der Waals surface area contributed by atoms with Crippen LogP contribution in [0.2, 0.25) is 0 Å². The highest BCUT2D eigenvalue weighted by atomic mass is 32.1. The Balaban J connectivity index is 1.81. The summed E-state index contributed by atoms with van der Waals surface area (Å²) in [6.45, 7) is 0.488. The Morgan fingerprint density at radius 2 is 2.15 bits per heavy atom. The van der Waals surface area contributed by atoms with Crippen molar-refractivity contribution in [3.8, 4) is 0 Å². The molecule has 0 amide bonds. The van der Waals surface area contributed by atoms with E-state index in [-0.39, 0.29) is 5.82 Å². The molecule has 104 valence electrons. The molecule has 0 atom stereocenters. The zero-order valence-electron chi connectivity index (χ0n) is 10.5. The van der Waals surface area contributed by atoms with E-state index in [4.69, 9.17) is 12.2 Å². The molecule has 0 bridgehead atoms. The van der Waals surface area contributed by atoms with Crippen molar-refractivity contribution in [2.24, 2.45) is 0 Å². The minimum absolute atomic E-state index is 0.230. The fraction of sp³-hybridized carbons (Fsp3) is 0.154. The molecular formula is C13H13FN4OS. The van der Waals surface area contributed by atoms with E-state index >= 15 is 0 Å². The number of hydrogen-bond acceptors (Lipinski definition) is 3. The summed E-state index contributed by atoms with van der Waals surface area (Å²) in [5.74, 6) is 0.222. The SMILES string of the molecule is O=c1nccc(NC(=S)NCCc2ccccc2F)[nH]1. The van der Waals surface area contributed by atoms with Gasteiger partial charge in [-0.25, -0.2) is 14.2 Å². The van der Waals surface area contributed by atoms with Crippen molar-refractivity contribution in [1.82, 2.24) is 15.3 Å². The summed E-state index contributed by atoms with van der Waals surface area (Å²) < 4.78 is 13.4. The first-order chi connectivity index (χ1) is 9.65. The van der Waals surface area contributed by atoms with Gasteiger partial charge < -0.3 is 10.6 Å². The minimum atomic E-state index is -0.454. The lowest BCUT2D eigenvalue weighted by Crippen LogP contribution is -2.31. The molecule has 1 heterocycles. The first-order valence-corrected chi connectivity index (χ1v) is 6.39. The molecule has 0 radical (unpaired) electrons. The summed E-state index contributed by atoms with van der Waals surface area (Å²) in [6, 6.07) is 8.18. The second-order valence-corrected chi connectivity index (χ2v) is 4.42. The topological polar surface area (TPSA) is 69.8 Å². The van der Waals surface area contributed by atoms with Crippen LogP contribution in [0.25, 0.3) is 0 Å². The third kappa shape index (κ3) is 4.13. The van der Waals surface area contributed by atoms with E-state index in [1.54, 1.807) is 24.3 Å². The number of anilines is 1. The van der Waals surface area contributed by atoms with E-state index in [9.17, 15) is 9.18 Å². The largest absolute Gasteiger partial charge is 0.362 e. The molecule has 0 unspecified atom stereocenters. The highest BCUT2D eigenvalue weighted by Gasteiger charge is 2.02. The Morgan fingerprint density at radius 1 is 1.35 bits per heavy atom. The summed E-state index contributed by atoms with van der Waals surface area (Å²) in [5.41, 5.74) is 0.171. The molecule has 0 saturated carbocycles. The van der Waals surface area contributed by atoms with Crippen LogP contribution in [0, 0.1) is 5.82 Å². The number of H-pyrrole nitrogens is 1. The van der Waals surface area contributed by atoms with Gasteiger partial charge in [-0.1, -0.05) is 18.2 Å². The molecule has 2 aromatic rings. The van der Waals surface area contributed by atoms with Crippen LogP contribution in [0.5, 0.6) is 0 Å². The summed E-state index contributed by atoms with van der Waals surface area (Å²) in [4.78, 5) is 17.0. The number of nitrogens with one attached hydrogen (secondary N) is 3. The first-order valence-electron chi connectivity index (χ1n) is 5.99. The summed E-state index contributed by atoms with van der Waals surface area (Å²) >= 11 is 5.07. The second kappa shape index (κ2) is 6.76. The number of hydrogen-bond donors (Lipinski definition) is 3. The summed E-state index contributed by atoms with van der Waals surface area (Å²) in [6.07, 6.45) is 1.89. The molecule has 7 heteroatoms. The van der Waals surface area contributed by atoms with E-state index in [0.29, 0.717) is 29.5 Å². The van der Waals surface area contributed by atoms with Crippen molar-refractivity contribution in [2.45, 2.75) is 6.42 Å². The summed E-state index contributed by atoms with van der Waals surface area (Å²) in [5, 5.41) is 6.10. The Labute approximate surface area is 120 Å². The molecule has 3 N–H and O–H groups in total. The van der Waals surface area contributed by atoms with Crippen molar-refractivity contribution in [3.63, 3.8) is 0 Å². The number of halogens is 1. The van der Waals surface area contributed by atoms with Gasteiger partial charge in [0.2, 0.25) is 0 Å². The van der Waals surface area contributed by atoms with E-state index in [1.165, 1.54) is 12.3 Å². The molecule has 0 spiro atoms. The van der Waals surface area contributed by atoms with E-state index in [0.717, 1.165) is 0 Å². The van der Waals surface area contributed by atoms with E-state index in [2.05, 4.69) is 20.6 Å². The van der Waals surface area contributed by atoms with Crippen LogP contribution in [0.4, 0.5) is 10.2 Å². The van der Waals surface area contributed by atoms with Crippen LogP contribution < -0.4 is 16.3 Å². The summed E-state index contributed by atoms with van der Waals surface area (Å²) in [7, 11) is 0. The average molecular weight is 292 g/mol. The average Bonchev–Trinajstić information content (AvgIpc) is 2.41. The lowest BCUT2D eigenvalue weighted by Gasteiger charge is -2.10. The van der Waals surface area contributed by atoms with Gasteiger partial charge in [-0.05, 0) is 36.3 Å². The third-order valence-electron chi connectivity index (χ3n) is 2.56. The van der Waals surface area contributed by atoms with Crippen LogP contribution in [-0.2, 0) is 6.42 Å². The standard InChI is InChI=1S/C13H13FN4OS/c14-10-4-2-1-3-9(10)5-7-16-13(20)18-11-6-8-15-12(19)17-11/h1-4,6,8H,5,7H2,(H3,15,16,17,18,19,20). The Hall–Kier alpha value is -2.28. The lowest BCUT2D eigenvalue weighted by atomic mass is 10.1. The number of rotatable bonds is 4. The van der Waals surface area contributed by atoms with Crippen LogP contribution in [0.1, 0.15) is 5.56 Å².